The van der Waals surface area contributed by atoms with Crippen molar-refractivity contribution in [1.29, 1.82) is 0 Å². The van der Waals surface area contributed by atoms with E-state index in [9.17, 15) is 9.59 Å². The number of carbonyl (C=O) groups excluding carboxylic acids is 2. The molecule has 0 saturated carbocycles. The number of nitrogens with one attached hydrogen (secondary N) is 1. The van der Waals surface area contributed by atoms with Gasteiger partial charge in [-0.05, 0) is 31.5 Å². The van der Waals surface area contributed by atoms with Gasteiger partial charge in [0.15, 0.2) is 0 Å². The van der Waals surface area contributed by atoms with Crippen LogP contribution in [0.25, 0.3) is 0 Å². The summed E-state index contributed by atoms with van der Waals surface area (Å²) in [6.07, 6.45) is -0.313. The summed E-state index contributed by atoms with van der Waals surface area (Å²) in [5.41, 5.74) is 1.89. The van der Waals surface area contributed by atoms with Crippen LogP contribution in [0.4, 0.5) is 10.5 Å². The van der Waals surface area contributed by atoms with Gasteiger partial charge >= 0.3 is 6.09 Å². The van der Waals surface area contributed by atoms with E-state index in [0.29, 0.717) is 37.8 Å². The minimum absolute atomic E-state index is 0.00730. The van der Waals surface area contributed by atoms with Gasteiger partial charge in [0, 0.05) is 36.9 Å². The SMILES string of the molecule is CCOC(=O)N1CCN(C(=O)CNc2cc(Cl)ccc2C)CC1. The van der Waals surface area contributed by atoms with Crippen molar-refractivity contribution >= 4 is 29.3 Å². The van der Waals surface area contributed by atoms with Crippen LogP contribution >= 0.6 is 11.6 Å². The predicted octanol–water partition coefficient (Wildman–Crippen LogP) is 2.36. The van der Waals surface area contributed by atoms with E-state index in [0.717, 1.165) is 11.3 Å². The molecular formula is C16H22ClN3O3. The normalized spacial score (nSPS) is 14.6. The van der Waals surface area contributed by atoms with Gasteiger partial charge < -0.3 is 19.9 Å². The molecule has 0 atom stereocenters. The summed E-state index contributed by atoms with van der Waals surface area (Å²) in [6.45, 7) is 6.35. The lowest BCUT2D eigenvalue weighted by Gasteiger charge is -2.34. The third-order valence-electron chi connectivity index (χ3n) is 3.79. The number of halogens is 1. The molecule has 7 heteroatoms. The van der Waals surface area contributed by atoms with Gasteiger partial charge in [-0.3, -0.25) is 4.79 Å². The summed E-state index contributed by atoms with van der Waals surface area (Å²) in [4.78, 5) is 27.3. The van der Waals surface area contributed by atoms with Crippen LogP contribution in [0.1, 0.15) is 12.5 Å². The maximum atomic E-state index is 12.3. The molecule has 0 spiro atoms. The third kappa shape index (κ3) is 4.76. The standard InChI is InChI=1S/C16H22ClN3O3/c1-3-23-16(22)20-8-6-19(7-9-20)15(21)11-18-14-10-13(17)5-4-12(14)2/h4-5,10,18H,3,6-9,11H2,1-2H3. The van der Waals surface area contributed by atoms with Crippen molar-refractivity contribution in [1.82, 2.24) is 9.80 Å². The number of carbonyl (C=O) groups is 2. The summed E-state index contributed by atoms with van der Waals surface area (Å²) in [5.74, 6) is 0.00730. The fraction of sp³-hybridized carbons (Fsp3) is 0.500. The Morgan fingerprint density at radius 1 is 1.22 bits per heavy atom. The molecule has 0 bridgehead atoms. The van der Waals surface area contributed by atoms with Crippen molar-refractivity contribution in [3.8, 4) is 0 Å². The molecule has 1 aromatic carbocycles. The van der Waals surface area contributed by atoms with Crippen molar-refractivity contribution in [3.63, 3.8) is 0 Å². The van der Waals surface area contributed by atoms with Crippen LogP contribution in [0, 0.1) is 6.92 Å². The van der Waals surface area contributed by atoms with Crippen LogP contribution in [-0.2, 0) is 9.53 Å². The van der Waals surface area contributed by atoms with E-state index in [2.05, 4.69) is 5.32 Å². The van der Waals surface area contributed by atoms with Crippen LogP contribution in [0.3, 0.4) is 0 Å². The van der Waals surface area contributed by atoms with Crippen LogP contribution in [0.2, 0.25) is 5.02 Å². The number of anilines is 1. The number of hydrogen-bond acceptors (Lipinski definition) is 4. The molecule has 0 unspecified atom stereocenters. The maximum Gasteiger partial charge on any atom is 0.409 e. The second-order valence-electron chi connectivity index (χ2n) is 5.38. The minimum atomic E-state index is -0.313. The number of piperazine rings is 1. The Morgan fingerprint density at radius 2 is 1.87 bits per heavy atom. The number of hydrogen-bond donors (Lipinski definition) is 1. The highest BCUT2D eigenvalue weighted by Crippen LogP contribution is 2.20. The van der Waals surface area contributed by atoms with Gasteiger partial charge in [-0.1, -0.05) is 17.7 Å². The summed E-state index contributed by atoms with van der Waals surface area (Å²) >= 11 is 5.97. The fourth-order valence-corrected chi connectivity index (χ4v) is 2.59. The molecule has 1 fully saturated rings. The van der Waals surface area contributed by atoms with Crippen LogP contribution in [0.15, 0.2) is 18.2 Å². The van der Waals surface area contributed by atoms with Crippen molar-refractivity contribution in [2.75, 3.05) is 44.6 Å². The highest BCUT2D eigenvalue weighted by atomic mass is 35.5. The Labute approximate surface area is 141 Å². The lowest BCUT2D eigenvalue weighted by molar-refractivity contribution is -0.130. The van der Waals surface area contributed by atoms with Gasteiger partial charge in [0.1, 0.15) is 0 Å². The Kier molecular flexibility index (Phi) is 6.10. The predicted molar refractivity (Wildman–Crippen MR) is 89.9 cm³/mol. The molecule has 23 heavy (non-hydrogen) atoms. The molecule has 6 nitrogen and oxygen atoms in total. The van der Waals surface area contributed by atoms with E-state index < -0.39 is 0 Å². The minimum Gasteiger partial charge on any atom is -0.450 e. The van der Waals surface area contributed by atoms with Gasteiger partial charge in [0.25, 0.3) is 0 Å². The molecular weight excluding hydrogens is 318 g/mol. The lowest BCUT2D eigenvalue weighted by Crippen LogP contribution is -2.51. The number of aryl methyl sites for hydroxylation is 1. The quantitative estimate of drug-likeness (QED) is 0.914. The molecule has 2 amide bonds. The molecule has 1 aromatic rings. The van der Waals surface area contributed by atoms with Gasteiger partial charge in [0.2, 0.25) is 5.91 Å². The van der Waals surface area contributed by atoms with Gasteiger partial charge in [-0.2, -0.15) is 0 Å². The van der Waals surface area contributed by atoms with Crippen molar-refractivity contribution < 1.29 is 14.3 Å². The summed E-state index contributed by atoms with van der Waals surface area (Å²) in [5, 5.41) is 3.76. The third-order valence-corrected chi connectivity index (χ3v) is 4.02. The Hall–Kier alpha value is -1.95. The van der Waals surface area contributed by atoms with E-state index in [1.807, 2.05) is 25.1 Å². The first-order chi connectivity index (χ1) is 11.0. The first kappa shape index (κ1) is 17.4. The van der Waals surface area contributed by atoms with Crippen LogP contribution in [-0.4, -0.2) is 61.1 Å². The zero-order chi connectivity index (χ0) is 16.8. The van der Waals surface area contributed by atoms with Crippen molar-refractivity contribution in [2.45, 2.75) is 13.8 Å². The summed E-state index contributed by atoms with van der Waals surface area (Å²) < 4.78 is 4.97. The van der Waals surface area contributed by atoms with E-state index in [1.54, 1.807) is 16.7 Å². The topological polar surface area (TPSA) is 61.9 Å². The molecule has 0 aromatic heterocycles. The molecule has 1 aliphatic heterocycles. The average Bonchev–Trinajstić information content (AvgIpc) is 2.55. The van der Waals surface area contributed by atoms with Gasteiger partial charge in [0.05, 0.1) is 13.2 Å². The average molecular weight is 340 g/mol. The van der Waals surface area contributed by atoms with E-state index >= 15 is 0 Å². The number of ether oxygens (including phenoxy) is 1. The molecule has 1 aliphatic rings. The summed E-state index contributed by atoms with van der Waals surface area (Å²) in [7, 11) is 0. The number of benzene rings is 1. The zero-order valence-corrected chi connectivity index (χ0v) is 14.2. The molecule has 0 aliphatic carbocycles. The molecule has 0 radical (unpaired) electrons. The van der Waals surface area contributed by atoms with Crippen LogP contribution in [0.5, 0.6) is 0 Å². The van der Waals surface area contributed by atoms with Gasteiger partial charge in [-0.15, -0.1) is 0 Å². The maximum absolute atomic E-state index is 12.3. The molecule has 1 saturated heterocycles. The largest absolute Gasteiger partial charge is 0.450 e. The number of nitrogens with zero attached hydrogens (tertiary/aromatic N) is 2. The molecule has 1 heterocycles. The first-order valence-electron chi connectivity index (χ1n) is 7.70. The van der Waals surface area contributed by atoms with Crippen LogP contribution < -0.4 is 5.32 Å². The highest BCUT2D eigenvalue weighted by molar-refractivity contribution is 6.30. The second-order valence-corrected chi connectivity index (χ2v) is 5.82. The fourth-order valence-electron chi connectivity index (χ4n) is 2.42. The smallest absolute Gasteiger partial charge is 0.409 e. The molecule has 2 rings (SSSR count). The Bertz CT molecular complexity index is 572. The molecule has 126 valence electrons. The van der Waals surface area contributed by atoms with E-state index in [-0.39, 0.29) is 18.5 Å². The monoisotopic (exact) mass is 339 g/mol. The lowest BCUT2D eigenvalue weighted by atomic mass is 10.2. The number of amides is 2. The number of rotatable bonds is 4. The van der Waals surface area contributed by atoms with Crippen molar-refractivity contribution in [2.24, 2.45) is 0 Å². The van der Waals surface area contributed by atoms with E-state index in [4.69, 9.17) is 16.3 Å². The summed E-state index contributed by atoms with van der Waals surface area (Å²) in [6, 6.07) is 5.54. The van der Waals surface area contributed by atoms with E-state index in [1.165, 1.54) is 0 Å². The van der Waals surface area contributed by atoms with Crippen molar-refractivity contribution in [3.05, 3.63) is 28.8 Å². The zero-order valence-electron chi connectivity index (χ0n) is 13.5. The first-order valence-corrected chi connectivity index (χ1v) is 8.08. The van der Waals surface area contributed by atoms with Gasteiger partial charge in [-0.25, -0.2) is 4.79 Å². The highest BCUT2D eigenvalue weighted by Gasteiger charge is 2.24. The Balaban J connectivity index is 1.81. The molecule has 1 N–H and O–H groups in total. The Morgan fingerprint density at radius 3 is 2.52 bits per heavy atom. The second kappa shape index (κ2) is 8.06.